The molecule has 0 aliphatic carbocycles. The first kappa shape index (κ1) is 10.0. The number of rotatable bonds is 2. The molecule has 74 valence electrons. The molecule has 0 radical (unpaired) electrons. The first-order valence-corrected chi connectivity index (χ1v) is 3.36. The molecule has 1 atom stereocenters. The first-order chi connectivity index (χ1) is 5.95. The predicted octanol–water partition coefficient (Wildman–Crippen LogP) is 0.685. The van der Waals surface area contributed by atoms with Gasteiger partial charge >= 0.3 is 12.1 Å². The second-order valence-corrected chi connectivity index (χ2v) is 2.33. The number of aliphatic hydroxyl groups excluding tert-OH is 1. The molecular formula is C6H7F3N2O2. The molecule has 1 heterocycles. The molecule has 0 saturated carbocycles. The van der Waals surface area contributed by atoms with Gasteiger partial charge in [0.05, 0.1) is 0 Å². The molecule has 7 heteroatoms. The summed E-state index contributed by atoms with van der Waals surface area (Å²) in [4.78, 5) is 3.03. The van der Waals surface area contributed by atoms with Crippen molar-refractivity contribution in [1.29, 1.82) is 0 Å². The average Bonchev–Trinajstić information content (AvgIpc) is 2.50. The van der Waals surface area contributed by atoms with E-state index in [4.69, 9.17) is 10.8 Å². The van der Waals surface area contributed by atoms with Gasteiger partial charge in [-0.2, -0.15) is 13.2 Å². The number of aliphatic hydroxyl groups is 1. The van der Waals surface area contributed by atoms with E-state index in [1.807, 2.05) is 0 Å². The van der Waals surface area contributed by atoms with Gasteiger partial charge in [0, 0.05) is 6.54 Å². The monoisotopic (exact) mass is 196 g/mol. The number of nitrogens with two attached hydrogens (primary N) is 1. The molecule has 4 nitrogen and oxygen atoms in total. The molecule has 0 saturated heterocycles. The zero-order valence-corrected chi connectivity index (χ0v) is 6.38. The second kappa shape index (κ2) is 3.35. The summed E-state index contributed by atoms with van der Waals surface area (Å²) >= 11 is 0. The normalized spacial score (nSPS) is 14.5. The largest absolute Gasteiger partial charge is 0.468 e. The quantitative estimate of drug-likeness (QED) is 0.729. The van der Waals surface area contributed by atoms with Gasteiger partial charge in [-0.15, -0.1) is 0 Å². The molecule has 3 N–H and O–H groups in total. The summed E-state index contributed by atoms with van der Waals surface area (Å²) in [5.74, 6) is -1.38. The van der Waals surface area contributed by atoms with Crippen LogP contribution in [0.3, 0.4) is 0 Å². The van der Waals surface area contributed by atoms with E-state index >= 15 is 0 Å². The van der Waals surface area contributed by atoms with Crippen LogP contribution in [0.15, 0.2) is 10.7 Å². The van der Waals surface area contributed by atoms with E-state index in [9.17, 15) is 13.2 Å². The minimum atomic E-state index is -4.63. The number of alkyl halides is 3. The van der Waals surface area contributed by atoms with Crippen LogP contribution in [0.2, 0.25) is 0 Å². The summed E-state index contributed by atoms with van der Waals surface area (Å²) in [5, 5.41) is 8.99. The predicted molar refractivity (Wildman–Crippen MR) is 35.5 cm³/mol. The topological polar surface area (TPSA) is 72.3 Å². The Morgan fingerprint density at radius 2 is 2.23 bits per heavy atom. The fourth-order valence-corrected chi connectivity index (χ4v) is 0.690. The SMILES string of the molecule is NCC(O)c1coc(C(F)(F)F)n1. The van der Waals surface area contributed by atoms with Crippen molar-refractivity contribution in [3.8, 4) is 0 Å². The number of oxazole rings is 1. The molecule has 1 rings (SSSR count). The van der Waals surface area contributed by atoms with Gasteiger partial charge in [0.15, 0.2) is 0 Å². The molecule has 0 aliphatic rings. The third kappa shape index (κ3) is 2.19. The van der Waals surface area contributed by atoms with Gasteiger partial charge in [-0.25, -0.2) is 4.98 Å². The third-order valence-electron chi connectivity index (χ3n) is 1.33. The first-order valence-electron chi connectivity index (χ1n) is 3.36. The van der Waals surface area contributed by atoms with E-state index in [1.54, 1.807) is 0 Å². The molecule has 0 spiro atoms. The van der Waals surface area contributed by atoms with Gasteiger partial charge < -0.3 is 15.3 Å². The molecular weight excluding hydrogens is 189 g/mol. The fourth-order valence-electron chi connectivity index (χ4n) is 0.690. The number of hydrogen-bond donors (Lipinski definition) is 2. The maximum Gasteiger partial charge on any atom is 0.468 e. The number of aromatic nitrogens is 1. The zero-order chi connectivity index (χ0) is 10.1. The molecule has 1 unspecified atom stereocenters. The van der Waals surface area contributed by atoms with Crippen molar-refractivity contribution in [2.75, 3.05) is 6.54 Å². The number of halogens is 3. The van der Waals surface area contributed by atoms with Crippen LogP contribution >= 0.6 is 0 Å². The summed E-state index contributed by atoms with van der Waals surface area (Å²) < 4.78 is 39.8. The molecule has 13 heavy (non-hydrogen) atoms. The Hall–Kier alpha value is -1.08. The van der Waals surface area contributed by atoms with Gasteiger partial charge in [0.25, 0.3) is 0 Å². The fraction of sp³-hybridized carbons (Fsp3) is 0.500. The lowest BCUT2D eigenvalue weighted by Gasteiger charge is -2.01. The summed E-state index contributed by atoms with van der Waals surface area (Å²) in [5.41, 5.74) is 4.80. The maximum atomic E-state index is 11.9. The van der Waals surface area contributed by atoms with E-state index in [0.29, 0.717) is 0 Å². The minimum Gasteiger partial charge on any atom is -0.441 e. The molecule has 0 aromatic carbocycles. The minimum absolute atomic E-state index is 0.205. The second-order valence-electron chi connectivity index (χ2n) is 2.33. The lowest BCUT2D eigenvalue weighted by atomic mass is 10.3. The van der Waals surface area contributed by atoms with Gasteiger partial charge in [0.1, 0.15) is 18.1 Å². The molecule has 0 fully saturated rings. The smallest absolute Gasteiger partial charge is 0.441 e. The van der Waals surface area contributed by atoms with Gasteiger partial charge in [-0.05, 0) is 0 Å². The Balaban J connectivity index is 2.87. The van der Waals surface area contributed by atoms with E-state index in [1.165, 1.54) is 0 Å². The Morgan fingerprint density at radius 1 is 1.62 bits per heavy atom. The summed E-state index contributed by atoms with van der Waals surface area (Å²) in [6, 6.07) is 0. The van der Waals surface area contributed by atoms with Crippen LogP contribution in [0.25, 0.3) is 0 Å². The van der Waals surface area contributed by atoms with Crippen LogP contribution in [-0.2, 0) is 6.18 Å². The van der Waals surface area contributed by atoms with Crippen LogP contribution in [0.1, 0.15) is 17.7 Å². The van der Waals surface area contributed by atoms with Crippen LogP contribution in [0, 0.1) is 0 Å². The van der Waals surface area contributed by atoms with Gasteiger partial charge in [-0.1, -0.05) is 0 Å². The highest BCUT2D eigenvalue weighted by Crippen LogP contribution is 2.29. The Labute approximate surface area is 71.2 Å². The van der Waals surface area contributed by atoms with Crippen molar-refractivity contribution in [1.82, 2.24) is 4.98 Å². The Bertz CT molecular complexity index is 284. The van der Waals surface area contributed by atoms with E-state index in [0.717, 1.165) is 6.26 Å². The van der Waals surface area contributed by atoms with E-state index in [-0.39, 0.29) is 12.2 Å². The lowest BCUT2D eigenvalue weighted by molar-refractivity contribution is -0.157. The molecule has 0 amide bonds. The van der Waals surface area contributed by atoms with Crippen molar-refractivity contribution in [3.63, 3.8) is 0 Å². The van der Waals surface area contributed by atoms with Gasteiger partial charge in [-0.3, -0.25) is 0 Å². The molecule has 1 aromatic heterocycles. The molecule has 1 aromatic rings. The third-order valence-corrected chi connectivity index (χ3v) is 1.33. The highest BCUT2D eigenvalue weighted by molar-refractivity contribution is 5.02. The molecule has 0 aliphatic heterocycles. The van der Waals surface area contributed by atoms with E-state index < -0.39 is 18.2 Å². The summed E-state index contributed by atoms with van der Waals surface area (Å²) in [6.45, 7) is -0.205. The maximum absolute atomic E-state index is 11.9. The standard InChI is InChI=1S/C6H7F3N2O2/c7-6(8,9)5-11-3(2-13-5)4(12)1-10/h2,4,12H,1,10H2. The van der Waals surface area contributed by atoms with Crippen molar-refractivity contribution in [3.05, 3.63) is 17.8 Å². The summed E-state index contributed by atoms with van der Waals surface area (Å²) in [7, 11) is 0. The zero-order valence-electron chi connectivity index (χ0n) is 6.38. The van der Waals surface area contributed by atoms with Crippen molar-refractivity contribution in [2.24, 2.45) is 5.73 Å². The van der Waals surface area contributed by atoms with Gasteiger partial charge in [0.2, 0.25) is 0 Å². The highest BCUT2D eigenvalue weighted by Gasteiger charge is 2.37. The number of hydrogen-bond acceptors (Lipinski definition) is 4. The highest BCUT2D eigenvalue weighted by atomic mass is 19.4. The molecule has 0 bridgehead atoms. The lowest BCUT2D eigenvalue weighted by Crippen LogP contribution is -2.12. The van der Waals surface area contributed by atoms with Crippen molar-refractivity contribution in [2.45, 2.75) is 12.3 Å². The number of nitrogens with zero attached hydrogens (tertiary/aromatic N) is 1. The van der Waals surface area contributed by atoms with Crippen LogP contribution < -0.4 is 5.73 Å². The van der Waals surface area contributed by atoms with Crippen LogP contribution in [0.4, 0.5) is 13.2 Å². The Morgan fingerprint density at radius 3 is 2.62 bits per heavy atom. The van der Waals surface area contributed by atoms with Crippen molar-refractivity contribution < 1.29 is 22.7 Å². The Kier molecular flexibility index (Phi) is 2.58. The van der Waals surface area contributed by atoms with Crippen molar-refractivity contribution >= 4 is 0 Å². The summed E-state index contributed by atoms with van der Waals surface area (Å²) in [6.07, 6.45) is -5.12. The van der Waals surface area contributed by atoms with Crippen LogP contribution in [-0.4, -0.2) is 16.6 Å². The average molecular weight is 196 g/mol. The van der Waals surface area contributed by atoms with Crippen LogP contribution in [0.5, 0.6) is 0 Å². The van der Waals surface area contributed by atoms with E-state index in [2.05, 4.69) is 9.40 Å².